The molecule has 6 heteroatoms. The number of hydrogen-bond acceptors (Lipinski definition) is 2. The molecule has 1 fully saturated rings. The van der Waals surface area contributed by atoms with Gasteiger partial charge < -0.3 is 0 Å². The van der Waals surface area contributed by atoms with Crippen LogP contribution in [0.2, 0.25) is 0 Å². The monoisotopic (exact) mass is 445 g/mol. The van der Waals surface area contributed by atoms with E-state index in [0.717, 1.165) is 39.5 Å². The topological polar surface area (TPSA) is 12.5 Å². The van der Waals surface area contributed by atoms with Crippen LogP contribution in [-0.4, -0.2) is 38.3 Å². The van der Waals surface area contributed by atoms with Crippen LogP contribution < -0.4 is 0 Å². The molecule has 0 radical (unpaired) electrons. The van der Waals surface area contributed by atoms with Gasteiger partial charge in [0.05, 0.1) is 0 Å². The van der Waals surface area contributed by atoms with Crippen LogP contribution in [-0.2, 0) is 4.74 Å². The molecule has 0 saturated carbocycles. The van der Waals surface area contributed by atoms with Gasteiger partial charge in [0.15, 0.2) is 0 Å². The second-order valence-corrected chi connectivity index (χ2v) is 6.40. The van der Waals surface area contributed by atoms with Crippen molar-refractivity contribution >= 4 is 6.61 Å². The third-order valence-electron chi connectivity index (χ3n) is 1.81. The van der Waals surface area contributed by atoms with E-state index in [4.69, 9.17) is 0 Å². The summed E-state index contributed by atoms with van der Waals surface area (Å²) in [6, 6.07) is 0. The fourth-order valence-electron chi connectivity index (χ4n) is 1.18. The summed E-state index contributed by atoms with van der Waals surface area (Å²) < 4.78 is 39.9. The van der Waals surface area contributed by atoms with Crippen LogP contribution in [0.15, 0.2) is 0 Å². The molecule has 87 valence electrons. The first-order valence-electron chi connectivity index (χ1n) is 4.36. The minimum atomic E-state index is -4.26. The average Bonchev–Trinajstić information content (AvgIpc) is 2.14. The summed E-state index contributed by atoms with van der Waals surface area (Å²) in [5.41, 5.74) is 0. The van der Waals surface area contributed by atoms with E-state index in [9.17, 15) is 13.2 Å². The van der Waals surface area contributed by atoms with Crippen LogP contribution in [0, 0.1) is 0 Å². The van der Waals surface area contributed by atoms with Crippen LogP contribution in [0.3, 0.4) is 0 Å². The van der Waals surface area contributed by atoms with Crippen LogP contribution in [0.1, 0.15) is 19.3 Å². The molecule has 1 aliphatic rings. The summed E-state index contributed by atoms with van der Waals surface area (Å²) in [5, 5.41) is 1.94. The van der Waals surface area contributed by atoms with Gasteiger partial charge in [0.25, 0.3) is 0 Å². The van der Waals surface area contributed by atoms with E-state index in [1.54, 1.807) is 0 Å². The second-order valence-electron chi connectivity index (χ2n) is 2.95. The van der Waals surface area contributed by atoms with Crippen molar-refractivity contribution in [1.29, 1.82) is 0 Å². The number of piperidine rings is 1. The SMILES string of the molecule is CO[C](=[Cf][N]1CCCCC1)C(F)(F)F. The number of hydrogen-bond donors (Lipinski definition) is 0. The van der Waals surface area contributed by atoms with Crippen LogP contribution >= 0.6 is 0 Å². The van der Waals surface area contributed by atoms with Crippen LogP contribution in [0.25, 0.3) is 0 Å². The Morgan fingerprint density at radius 3 is 2.21 bits per heavy atom. The predicted molar refractivity (Wildman–Crippen MR) is 43.5 cm³/mol. The van der Waals surface area contributed by atoms with Gasteiger partial charge in [0.1, 0.15) is 0 Å². The van der Waals surface area contributed by atoms with Crippen molar-refractivity contribution in [2.24, 2.45) is 0 Å². The van der Waals surface area contributed by atoms with Crippen molar-refractivity contribution < 1.29 is 17.9 Å². The Bertz CT molecular complexity index is 211. The van der Waals surface area contributed by atoms with E-state index in [2.05, 4.69) is 4.74 Å². The van der Waals surface area contributed by atoms with Gasteiger partial charge in [-0.1, -0.05) is 0 Å². The van der Waals surface area contributed by atoms with E-state index in [0.29, 0.717) is 0 Å². The Kier molecular flexibility index (Phi) is 3.19. The van der Waals surface area contributed by atoms with Crippen molar-refractivity contribution in [3.63, 3.8) is 0 Å². The maximum atomic E-state index is 12.3. The molecule has 0 unspecified atom stereocenters. The zero-order valence-electron chi connectivity index (χ0n) is 7.84. The first-order valence-corrected chi connectivity index (χ1v) is 6.86. The molecule has 1 aliphatic heterocycles. The third-order valence-corrected chi connectivity index (χ3v) is 5.64. The number of halogens is 3. The molecule has 0 bridgehead atoms. The fraction of sp³-hybridized carbons (Fsp3) is 0.875. The minimum absolute atomic E-state index is 0.644. The van der Waals surface area contributed by atoms with Gasteiger partial charge in [-0.15, -0.1) is 0 Å². The Labute approximate surface area is 76.5 Å². The Morgan fingerprint density at radius 2 is 1.79 bits per heavy atom. The molecule has 14 heavy (non-hydrogen) atoms. The van der Waals surface area contributed by atoms with E-state index in [1.807, 2.05) is 5.32 Å². The molecule has 0 amide bonds. The standard InChI is InChI=1S/C5H10N.C3H3F3O.Cf/c1-2-4-6-5-3-1;1-7-2-3(4,5)6;/h1-5H2;1H3;/q-1;;+1. The van der Waals surface area contributed by atoms with Gasteiger partial charge >= 0.3 is 75.5 Å². The molecule has 0 spiro atoms. The first-order chi connectivity index (χ1) is 6.54. The van der Waals surface area contributed by atoms with E-state index < -0.39 is 12.8 Å². The number of methoxy groups -OCH3 is 1. The molecule has 0 N–H and O–H groups in total. The van der Waals surface area contributed by atoms with Crippen molar-refractivity contribution in [3.8, 4) is 0 Å². The second kappa shape index (κ2) is 4.19. The summed E-state index contributed by atoms with van der Waals surface area (Å²) in [7, 11) is 1.11. The van der Waals surface area contributed by atoms with Crippen molar-refractivity contribution in [2.45, 2.75) is 25.4 Å². The Hall–Kier alpha value is -1.42. The molecule has 0 aromatic heterocycles. The number of rotatable bonds is 2. The first kappa shape index (κ1) is 10.7. The number of ether oxygens (including phenoxy) is 1. The van der Waals surface area contributed by atoms with Crippen molar-refractivity contribution in [1.82, 2.24) is 5.32 Å². The van der Waals surface area contributed by atoms with Crippen LogP contribution in [0.5, 0.6) is 0 Å². The molecule has 1 rings (SSSR count). The molecule has 1 heterocycles. The van der Waals surface area contributed by atoms with Crippen LogP contribution in [0.4, 0.5) is 13.2 Å². The van der Waals surface area contributed by atoms with Gasteiger partial charge in [-0.2, -0.15) is 0 Å². The predicted octanol–water partition coefficient (Wildman–Crippen LogP) is 1.81. The normalized spacial score (nSPS) is 20.7. The molecule has 2 nitrogen and oxygen atoms in total. The van der Waals surface area contributed by atoms with Gasteiger partial charge in [-0.05, 0) is 0 Å². The summed E-state index contributed by atoms with van der Waals surface area (Å²) in [4.78, 5) is 0. The molecule has 1 saturated heterocycles. The van der Waals surface area contributed by atoms with Gasteiger partial charge in [-0.25, -0.2) is 0 Å². The zero-order valence-corrected chi connectivity index (χ0v) is 10.5. The van der Waals surface area contributed by atoms with Crippen molar-refractivity contribution in [3.05, 3.63) is 0 Å². The van der Waals surface area contributed by atoms with E-state index in [-0.39, 0.29) is 0 Å². The summed E-state index contributed by atoms with van der Waals surface area (Å²) in [6.07, 6.45) is -1.09. The average molecular weight is 447 g/mol. The molecule has 0 aliphatic carbocycles. The zero-order chi connectivity index (χ0) is 10.6. The van der Waals surface area contributed by atoms with Gasteiger partial charge in [-0.3, -0.25) is 0 Å². The molecular formula is C8H13CfF3NO. The third kappa shape index (κ3) is 2.81. The molecule has 0 aromatic carbocycles. The Balaban J connectivity index is 2.62. The van der Waals surface area contributed by atoms with E-state index >= 15 is 0 Å². The fourth-order valence-corrected chi connectivity index (χ4v) is 3.93. The van der Waals surface area contributed by atoms with Gasteiger partial charge in [0, 0.05) is 0 Å². The quantitative estimate of drug-likeness (QED) is 0.641. The molecule has 0 aromatic rings. The summed E-state index contributed by atoms with van der Waals surface area (Å²) in [5.74, 6) is 0. The molecule has 0 atom stereocenters. The summed E-state index contributed by atoms with van der Waals surface area (Å²) in [6.45, 7) is 0.965. The van der Waals surface area contributed by atoms with Crippen molar-refractivity contribution in [2.75, 3.05) is 20.2 Å². The number of nitrogens with zero attached hydrogens (tertiary/aromatic N) is 1. The number of alkyl halides is 3. The molecular weight excluding hydrogens is 434 g/mol. The maximum absolute atomic E-state index is 12.3. The summed E-state index contributed by atoms with van der Waals surface area (Å²) >= 11 is 0. The van der Waals surface area contributed by atoms with E-state index in [1.165, 1.54) is 0 Å². The Morgan fingerprint density at radius 1 is 1.21 bits per heavy atom. The van der Waals surface area contributed by atoms with Gasteiger partial charge in [0.2, 0.25) is 0 Å².